The summed E-state index contributed by atoms with van der Waals surface area (Å²) in [6.45, 7) is 4.03. The van der Waals surface area contributed by atoms with E-state index in [9.17, 15) is 17.6 Å². The van der Waals surface area contributed by atoms with Crippen molar-refractivity contribution in [1.29, 1.82) is 0 Å². The van der Waals surface area contributed by atoms with E-state index in [2.05, 4.69) is 10.4 Å². The van der Waals surface area contributed by atoms with Crippen LogP contribution >= 0.6 is 0 Å². The summed E-state index contributed by atoms with van der Waals surface area (Å²) in [5.74, 6) is -0.995. The molecule has 1 saturated carbocycles. The first-order chi connectivity index (χ1) is 13.4. The van der Waals surface area contributed by atoms with Crippen molar-refractivity contribution in [2.24, 2.45) is 0 Å². The van der Waals surface area contributed by atoms with Gasteiger partial charge >= 0.3 is 0 Å². The van der Waals surface area contributed by atoms with Crippen LogP contribution in [0.5, 0.6) is 0 Å². The lowest BCUT2D eigenvalue weighted by molar-refractivity contribution is 0.102. The van der Waals surface area contributed by atoms with Gasteiger partial charge in [-0.25, -0.2) is 17.5 Å². The molecule has 3 rings (SSSR count). The molecule has 0 saturated heterocycles. The third-order valence-corrected chi connectivity index (χ3v) is 7.15. The molecule has 1 fully saturated rings. The molecule has 0 aliphatic heterocycles. The second-order valence-corrected chi connectivity index (χ2v) is 8.72. The van der Waals surface area contributed by atoms with Crippen molar-refractivity contribution >= 4 is 21.7 Å². The fourth-order valence-corrected chi connectivity index (χ4v) is 5.07. The Bertz CT molecular complexity index is 948. The van der Waals surface area contributed by atoms with Gasteiger partial charge in [0.1, 0.15) is 11.6 Å². The number of benzene rings is 1. The van der Waals surface area contributed by atoms with Crippen LogP contribution in [-0.2, 0) is 10.0 Å². The van der Waals surface area contributed by atoms with Crippen molar-refractivity contribution in [3.63, 3.8) is 0 Å². The predicted molar refractivity (Wildman–Crippen MR) is 104 cm³/mol. The summed E-state index contributed by atoms with van der Waals surface area (Å²) >= 11 is 0. The molecule has 7 nitrogen and oxygen atoms in total. The van der Waals surface area contributed by atoms with Gasteiger partial charge in [0, 0.05) is 19.2 Å². The number of anilines is 1. The highest BCUT2D eigenvalue weighted by Gasteiger charge is 2.25. The highest BCUT2D eigenvalue weighted by molar-refractivity contribution is 7.89. The number of hydrogen-bond donors (Lipinski definition) is 1. The maximum absolute atomic E-state index is 14.3. The van der Waals surface area contributed by atoms with Crippen LogP contribution in [0.2, 0.25) is 0 Å². The zero-order valence-corrected chi connectivity index (χ0v) is 16.9. The molecule has 0 bridgehead atoms. The lowest BCUT2D eigenvalue weighted by Gasteiger charge is -2.19. The van der Waals surface area contributed by atoms with Crippen molar-refractivity contribution in [3.05, 3.63) is 41.8 Å². The van der Waals surface area contributed by atoms with E-state index in [1.807, 2.05) is 0 Å². The van der Waals surface area contributed by atoms with E-state index in [0.717, 1.165) is 37.8 Å². The number of nitrogens with one attached hydrogen (secondary N) is 1. The number of halogens is 1. The highest BCUT2D eigenvalue weighted by Crippen LogP contribution is 2.31. The summed E-state index contributed by atoms with van der Waals surface area (Å²) in [5.41, 5.74) is -0.313. The van der Waals surface area contributed by atoms with Crippen LogP contribution in [0.1, 0.15) is 55.9 Å². The predicted octanol–water partition coefficient (Wildman–Crippen LogP) is 3.42. The molecular formula is C19H25FN4O3S. The molecule has 1 aliphatic carbocycles. The molecule has 1 amide bonds. The van der Waals surface area contributed by atoms with Crippen LogP contribution in [0.4, 0.5) is 10.2 Å². The van der Waals surface area contributed by atoms with Gasteiger partial charge in [-0.2, -0.15) is 9.40 Å². The van der Waals surface area contributed by atoms with Gasteiger partial charge in [-0.3, -0.25) is 4.79 Å². The van der Waals surface area contributed by atoms with Crippen LogP contribution in [-0.4, -0.2) is 41.5 Å². The number of hydrogen-bond acceptors (Lipinski definition) is 4. The number of aromatic nitrogens is 2. The Morgan fingerprint density at radius 3 is 2.57 bits per heavy atom. The molecule has 1 N–H and O–H groups in total. The Hall–Kier alpha value is -2.26. The molecule has 2 aromatic rings. The van der Waals surface area contributed by atoms with Gasteiger partial charge < -0.3 is 5.32 Å². The Morgan fingerprint density at radius 1 is 1.25 bits per heavy atom. The summed E-state index contributed by atoms with van der Waals surface area (Å²) < 4.78 is 42.7. The second kappa shape index (κ2) is 8.40. The number of rotatable bonds is 7. The average molecular weight is 408 g/mol. The van der Waals surface area contributed by atoms with Crippen LogP contribution in [0.15, 0.2) is 35.4 Å². The molecule has 0 radical (unpaired) electrons. The van der Waals surface area contributed by atoms with Crippen LogP contribution < -0.4 is 5.32 Å². The van der Waals surface area contributed by atoms with E-state index in [4.69, 9.17) is 0 Å². The molecule has 1 aliphatic rings. The molecule has 0 unspecified atom stereocenters. The topological polar surface area (TPSA) is 84.3 Å². The minimum absolute atomic E-state index is 0.105. The van der Waals surface area contributed by atoms with E-state index < -0.39 is 21.7 Å². The average Bonchev–Trinajstić information content (AvgIpc) is 3.34. The van der Waals surface area contributed by atoms with Gasteiger partial charge in [-0.15, -0.1) is 0 Å². The van der Waals surface area contributed by atoms with Crippen molar-refractivity contribution in [1.82, 2.24) is 14.1 Å². The zero-order valence-electron chi connectivity index (χ0n) is 16.1. The number of sulfonamides is 1. The van der Waals surface area contributed by atoms with Crippen LogP contribution in [0, 0.1) is 5.82 Å². The fraction of sp³-hybridized carbons (Fsp3) is 0.474. The molecule has 1 aromatic carbocycles. The highest BCUT2D eigenvalue weighted by atomic mass is 32.2. The second-order valence-electron chi connectivity index (χ2n) is 6.78. The van der Waals surface area contributed by atoms with Crippen molar-refractivity contribution < 1.29 is 17.6 Å². The van der Waals surface area contributed by atoms with Gasteiger partial charge in [0.25, 0.3) is 5.91 Å². The number of amides is 1. The van der Waals surface area contributed by atoms with Crippen LogP contribution in [0.25, 0.3) is 0 Å². The number of nitrogens with zero attached hydrogens (tertiary/aromatic N) is 3. The Kier molecular flexibility index (Phi) is 6.14. The molecule has 1 heterocycles. The summed E-state index contributed by atoms with van der Waals surface area (Å²) in [7, 11) is -3.79. The third-order valence-electron chi connectivity index (χ3n) is 5.11. The lowest BCUT2D eigenvalue weighted by atomic mass is 10.2. The normalized spacial score (nSPS) is 15.3. The van der Waals surface area contributed by atoms with Gasteiger partial charge in [0.05, 0.1) is 22.7 Å². The molecule has 0 atom stereocenters. The molecule has 9 heteroatoms. The Labute approximate surface area is 164 Å². The van der Waals surface area contributed by atoms with E-state index in [-0.39, 0.29) is 29.6 Å². The standard InChI is InChI=1S/C19H25FN4O3S/c1-3-23(4-2)28(26,27)15-9-10-17(20)16(13-15)19(25)22-18-11-12-21-24(18)14-7-5-6-8-14/h9-14H,3-8H2,1-2H3,(H,22,25). The molecule has 0 spiro atoms. The van der Waals surface area contributed by atoms with Crippen molar-refractivity contribution in [2.45, 2.75) is 50.5 Å². The first kappa shape index (κ1) is 20.5. The molecule has 152 valence electrons. The Balaban J connectivity index is 1.88. The SMILES string of the molecule is CCN(CC)S(=O)(=O)c1ccc(F)c(C(=O)Nc2ccnn2C2CCCC2)c1. The zero-order chi connectivity index (χ0) is 20.3. The quantitative estimate of drug-likeness (QED) is 0.761. The molecule has 1 aromatic heterocycles. The van der Waals surface area contributed by atoms with Gasteiger partial charge in [-0.1, -0.05) is 26.7 Å². The van der Waals surface area contributed by atoms with E-state index in [1.54, 1.807) is 30.8 Å². The van der Waals surface area contributed by atoms with Crippen LogP contribution in [0.3, 0.4) is 0 Å². The van der Waals surface area contributed by atoms with Gasteiger partial charge in [0.15, 0.2) is 0 Å². The lowest BCUT2D eigenvalue weighted by Crippen LogP contribution is -2.31. The largest absolute Gasteiger partial charge is 0.307 e. The smallest absolute Gasteiger partial charge is 0.259 e. The summed E-state index contributed by atoms with van der Waals surface area (Å²) in [5, 5.41) is 6.95. The third kappa shape index (κ3) is 3.95. The van der Waals surface area contributed by atoms with Gasteiger partial charge in [0.2, 0.25) is 10.0 Å². The maximum Gasteiger partial charge on any atom is 0.259 e. The Morgan fingerprint density at radius 2 is 1.93 bits per heavy atom. The monoisotopic (exact) mass is 408 g/mol. The molecular weight excluding hydrogens is 383 g/mol. The fourth-order valence-electron chi connectivity index (χ4n) is 3.59. The minimum atomic E-state index is -3.79. The van der Waals surface area contributed by atoms with E-state index in [1.165, 1.54) is 10.4 Å². The maximum atomic E-state index is 14.3. The van der Waals surface area contributed by atoms with Crippen molar-refractivity contribution in [2.75, 3.05) is 18.4 Å². The van der Waals surface area contributed by atoms with Crippen molar-refractivity contribution in [3.8, 4) is 0 Å². The van der Waals surface area contributed by atoms with Gasteiger partial charge in [-0.05, 0) is 31.0 Å². The molecule has 28 heavy (non-hydrogen) atoms. The number of carbonyl (C=O) groups excluding carboxylic acids is 1. The first-order valence-electron chi connectivity index (χ1n) is 9.53. The number of carbonyl (C=O) groups is 1. The van der Waals surface area contributed by atoms with E-state index >= 15 is 0 Å². The summed E-state index contributed by atoms with van der Waals surface area (Å²) in [6, 6.07) is 5.16. The minimum Gasteiger partial charge on any atom is -0.307 e. The van der Waals surface area contributed by atoms with E-state index in [0.29, 0.717) is 5.82 Å². The summed E-state index contributed by atoms with van der Waals surface area (Å²) in [6.07, 6.45) is 5.77. The summed E-state index contributed by atoms with van der Waals surface area (Å²) in [4.78, 5) is 12.6. The first-order valence-corrected chi connectivity index (χ1v) is 11.0.